The molecular weight excluding hydrogens is 360 g/mol. The summed E-state index contributed by atoms with van der Waals surface area (Å²) in [6, 6.07) is 7.22. The van der Waals surface area contributed by atoms with E-state index >= 15 is 0 Å². The van der Waals surface area contributed by atoms with Crippen molar-refractivity contribution in [2.45, 2.75) is 58.0 Å². The van der Waals surface area contributed by atoms with Crippen LogP contribution in [0.4, 0.5) is 5.69 Å². The summed E-state index contributed by atoms with van der Waals surface area (Å²) in [5, 5.41) is 13.9. The average molecular weight is 395 g/mol. The normalized spacial score (nSPS) is 15.2. The smallest absolute Gasteiger partial charge is 0.175 e. The van der Waals surface area contributed by atoms with E-state index in [0.29, 0.717) is 10.8 Å². The Hall–Kier alpha value is -1.89. The van der Waals surface area contributed by atoms with E-state index in [4.69, 9.17) is 0 Å². The number of hydrogen-bond donors (Lipinski definition) is 1. The van der Waals surface area contributed by atoms with E-state index in [-0.39, 0.29) is 12.1 Å². The lowest BCUT2D eigenvalue weighted by atomic mass is 10.0. The third-order valence-electron chi connectivity index (χ3n) is 4.70. The molecule has 0 saturated heterocycles. The van der Waals surface area contributed by atoms with Gasteiger partial charge in [0.05, 0.1) is 10.9 Å². The van der Waals surface area contributed by atoms with Crippen molar-refractivity contribution >= 4 is 15.5 Å². The molecule has 1 rings (SSSR count). The molecule has 27 heavy (non-hydrogen) atoms. The van der Waals surface area contributed by atoms with Gasteiger partial charge in [-0.2, -0.15) is 5.11 Å². The highest BCUT2D eigenvalue weighted by Gasteiger charge is 2.14. The number of anilines is 1. The molecule has 2 atom stereocenters. The van der Waals surface area contributed by atoms with Crippen LogP contribution in [-0.4, -0.2) is 45.4 Å². The van der Waals surface area contributed by atoms with Gasteiger partial charge in [0.2, 0.25) is 0 Å². The van der Waals surface area contributed by atoms with E-state index in [1.807, 2.05) is 25.0 Å². The Balaban J connectivity index is 2.81. The number of hydrogen-bond acceptors (Lipinski definition) is 5. The van der Waals surface area contributed by atoms with Crippen molar-refractivity contribution in [2.24, 2.45) is 16.3 Å². The van der Waals surface area contributed by atoms with E-state index in [1.165, 1.54) is 11.8 Å². The molecule has 0 fully saturated rings. The largest absolute Gasteiger partial charge is 0.378 e. The van der Waals surface area contributed by atoms with Crippen molar-refractivity contribution in [1.82, 2.24) is 5.01 Å². The SMILES string of the molecule is C/C=C(\C)C(CCN(C)N=NC(C)C(C)C)Nc1cccc(S(C)(=O)=O)c1. The molecule has 2 unspecified atom stereocenters. The van der Waals surface area contributed by atoms with Crippen LogP contribution in [0.25, 0.3) is 0 Å². The second-order valence-electron chi connectivity index (χ2n) is 7.39. The lowest BCUT2D eigenvalue weighted by molar-refractivity contribution is 0.304. The minimum Gasteiger partial charge on any atom is -0.378 e. The van der Waals surface area contributed by atoms with Crippen LogP contribution in [0.2, 0.25) is 0 Å². The minimum atomic E-state index is -3.23. The van der Waals surface area contributed by atoms with E-state index < -0.39 is 9.84 Å². The molecule has 1 aromatic carbocycles. The van der Waals surface area contributed by atoms with Gasteiger partial charge in [0.1, 0.15) is 0 Å². The van der Waals surface area contributed by atoms with E-state index in [1.54, 1.807) is 18.2 Å². The van der Waals surface area contributed by atoms with Gasteiger partial charge in [-0.15, -0.1) is 0 Å². The predicted octanol–water partition coefficient (Wildman–Crippen LogP) is 4.57. The Labute approximate surface area is 164 Å². The predicted molar refractivity (Wildman–Crippen MR) is 113 cm³/mol. The molecule has 0 spiro atoms. The van der Waals surface area contributed by atoms with E-state index in [0.717, 1.165) is 18.7 Å². The van der Waals surface area contributed by atoms with Gasteiger partial charge in [-0.3, -0.25) is 5.01 Å². The van der Waals surface area contributed by atoms with E-state index in [9.17, 15) is 8.42 Å². The summed E-state index contributed by atoms with van der Waals surface area (Å²) >= 11 is 0. The fraction of sp³-hybridized carbons (Fsp3) is 0.600. The maximum atomic E-state index is 11.8. The van der Waals surface area contributed by atoms with Crippen molar-refractivity contribution in [3.05, 3.63) is 35.9 Å². The fourth-order valence-electron chi connectivity index (χ4n) is 2.30. The van der Waals surface area contributed by atoms with Gasteiger partial charge in [-0.1, -0.05) is 36.8 Å². The number of rotatable bonds is 10. The van der Waals surface area contributed by atoms with Gasteiger partial charge >= 0.3 is 0 Å². The third kappa shape index (κ3) is 8.12. The number of nitrogens with one attached hydrogen (secondary N) is 1. The molecule has 0 heterocycles. The lowest BCUT2D eigenvalue weighted by Crippen LogP contribution is -2.26. The van der Waals surface area contributed by atoms with E-state index in [2.05, 4.69) is 49.4 Å². The van der Waals surface area contributed by atoms with Gasteiger partial charge in [-0.25, -0.2) is 8.42 Å². The molecule has 0 bridgehead atoms. The first-order chi connectivity index (χ1) is 12.5. The molecular formula is C20H34N4O2S. The van der Waals surface area contributed by atoms with Crippen molar-refractivity contribution in [2.75, 3.05) is 25.2 Å². The van der Waals surface area contributed by atoms with Crippen LogP contribution in [0.1, 0.15) is 41.0 Å². The van der Waals surface area contributed by atoms with Crippen molar-refractivity contribution in [3.8, 4) is 0 Å². The average Bonchev–Trinajstić information content (AvgIpc) is 2.61. The molecule has 0 aliphatic heterocycles. The van der Waals surface area contributed by atoms with Crippen LogP contribution < -0.4 is 5.32 Å². The van der Waals surface area contributed by atoms with Crippen molar-refractivity contribution in [1.29, 1.82) is 0 Å². The zero-order valence-electron chi connectivity index (χ0n) is 17.6. The first-order valence-corrected chi connectivity index (χ1v) is 11.2. The van der Waals surface area contributed by atoms with Gasteiger partial charge in [-0.05, 0) is 51.3 Å². The van der Waals surface area contributed by atoms with Crippen LogP contribution in [-0.2, 0) is 9.84 Å². The van der Waals surface area contributed by atoms with Gasteiger partial charge in [0, 0.05) is 31.6 Å². The number of nitrogens with zero attached hydrogens (tertiary/aromatic N) is 3. The highest BCUT2D eigenvalue weighted by molar-refractivity contribution is 7.90. The van der Waals surface area contributed by atoms with Crippen LogP contribution in [0, 0.1) is 5.92 Å². The first kappa shape index (κ1) is 23.1. The molecule has 0 aliphatic rings. The highest BCUT2D eigenvalue weighted by Crippen LogP contribution is 2.19. The lowest BCUT2D eigenvalue weighted by Gasteiger charge is -2.23. The molecule has 6 nitrogen and oxygen atoms in total. The highest BCUT2D eigenvalue weighted by atomic mass is 32.2. The van der Waals surface area contributed by atoms with Crippen LogP contribution in [0.5, 0.6) is 0 Å². The number of sulfone groups is 1. The molecule has 0 amide bonds. The third-order valence-corrected chi connectivity index (χ3v) is 5.81. The Morgan fingerprint density at radius 3 is 2.52 bits per heavy atom. The summed E-state index contributed by atoms with van der Waals surface area (Å²) < 4.78 is 23.6. The fourth-order valence-corrected chi connectivity index (χ4v) is 2.96. The Morgan fingerprint density at radius 2 is 1.96 bits per heavy atom. The molecule has 0 aromatic heterocycles. The quantitative estimate of drug-likeness (QED) is 0.358. The summed E-state index contributed by atoms with van der Waals surface area (Å²) in [4.78, 5) is 0.318. The topological polar surface area (TPSA) is 74.1 Å². The van der Waals surface area contributed by atoms with Crippen molar-refractivity contribution in [3.63, 3.8) is 0 Å². The molecule has 7 heteroatoms. The number of benzene rings is 1. The standard InChI is InChI=1S/C20H34N4O2S/c1-8-16(4)20(12-13-24(6)23-22-17(5)15(2)3)21-18-10-9-11-19(14-18)27(7,25)26/h8-11,14-15,17,20-21H,12-13H2,1-7H3/b16-8+,23-22?. The molecule has 1 N–H and O–H groups in total. The second kappa shape index (κ2) is 10.4. The molecule has 1 aromatic rings. The zero-order valence-corrected chi connectivity index (χ0v) is 18.4. The Bertz CT molecular complexity index is 757. The molecule has 152 valence electrons. The monoisotopic (exact) mass is 394 g/mol. The molecule has 0 radical (unpaired) electrons. The molecule has 0 aliphatic carbocycles. The second-order valence-corrected chi connectivity index (χ2v) is 9.40. The summed E-state index contributed by atoms with van der Waals surface area (Å²) in [5.74, 6) is 0.462. The summed E-state index contributed by atoms with van der Waals surface area (Å²) in [6.07, 6.45) is 4.12. The van der Waals surface area contributed by atoms with Gasteiger partial charge in [0.15, 0.2) is 9.84 Å². The maximum Gasteiger partial charge on any atom is 0.175 e. The Kier molecular flexibility index (Phi) is 8.96. The zero-order chi connectivity index (χ0) is 20.6. The van der Waals surface area contributed by atoms with Crippen LogP contribution in [0.3, 0.4) is 0 Å². The minimum absolute atomic E-state index is 0.0879. The summed E-state index contributed by atoms with van der Waals surface area (Å²) in [6.45, 7) is 11.1. The van der Waals surface area contributed by atoms with Gasteiger partial charge in [0.25, 0.3) is 0 Å². The van der Waals surface area contributed by atoms with Crippen molar-refractivity contribution < 1.29 is 8.42 Å². The van der Waals surface area contributed by atoms with Gasteiger partial charge < -0.3 is 5.32 Å². The van der Waals surface area contributed by atoms with Crippen LogP contribution >= 0.6 is 0 Å². The first-order valence-electron chi connectivity index (χ1n) is 9.36. The maximum absolute atomic E-state index is 11.8. The summed E-state index contributed by atoms with van der Waals surface area (Å²) in [7, 11) is -1.31. The Morgan fingerprint density at radius 1 is 1.30 bits per heavy atom. The number of allylic oxidation sites excluding steroid dienone is 1. The van der Waals surface area contributed by atoms with Crippen LogP contribution in [0.15, 0.2) is 51.1 Å². The molecule has 0 saturated carbocycles. The summed E-state index contributed by atoms with van der Waals surface area (Å²) in [5.41, 5.74) is 1.99.